The molecule has 2 aromatic rings. The van der Waals surface area contributed by atoms with Gasteiger partial charge >= 0.3 is 0 Å². The lowest BCUT2D eigenvalue weighted by atomic mass is 9.99. The number of hydrogen-bond donors (Lipinski definition) is 1. The minimum atomic E-state index is -0.375. The number of halogens is 2. The van der Waals surface area contributed by atoms with Crippen molar-refractivity contribution >= 4 is 28.9 Å². The van der Waals surface area contributed by atoms with Crippen LogP contribution in [0.3, 0.4) is 0 Å². The van der Waals surface area contributed by atoms with Gasteiger partial charge in [-0.05, 0) is 43.4 Å². The zero-order valence-corrected chi connectivity index (χ0v) is 14.9. The molecule has 2 heterocycles. The molecule has 1 saturated heterocycles. The Bertz CT molecular complexity index is 807. The second-order valence-electron chi connectivity index (χ2n) is 6.13. The number of anilines is 1. The van der Waals surface area contributed by atoms with Crippen molar-refractivity contribution in [3.8, 4) is 5.69 Å². The number of aromatic nitrogens is 2. The highest BCUT2D eigenvalue weighted by Gasteiger charge is 2.23. The summed E-state index contributed by atoms with van der Waals surface area (Å²) in [5.41, 5.74) is 1.75. The van der Waals surface area contributed by atoms with E-state index in [0.29, 0.717) is 22.9 Å². The van der Waals surface area contributed by atoms with Crippen LogP contribution in [-0.4, -0.2) is 34.6 Å². The van der Waals surface area contributed by atoms with E-state index in [1.807, 2.05) is 17.9 Å². The maximum absolute atomic E-state index is 12.6. The number of aliphatic hydroxyl groups is 1. The fourth-order valence-electron chi connectivity index (χ4n) is 2.97. The number of aliphatic hydroxyl groups excluding tert-OH is 1. The van der Waals surface area contributed by atoms with E-state index >= 15 is 0 Å². The highest BCUT2D eigenvalue weighted by atomic mass is 35.5. The molecule has 0 aliphatic carbocycles. The zero-order chi connectivity index (χ0) is 17.3. The van der Waals surface area contributed by atoms with E-state index in [1.54, 1.807) is 18.3 Å². The average molecular weight is 368 g/mol. The summed E-state index contributed by atoms with van der Waals surface area (Å²) in [7, 11) is 0. The Morgan fingerprint density at radius 3 is 2.88 bits per heavy atom. The predicted octanol–water partition coefficient (Wildman–Crippen LogP) is 3.06. The van der Waals surface area contributed by atoms with Crippen LogP contribution >= 0.6 is 23.2 Å². The summed E-state index contributed by atoms with van der Waals surface area (Å²) in [4.78, 5) is 14.7. The molecule has 0 radical (unpaired) electrons. The van der Waals surface area contributed by atoms with Crippen LogP contribution in [0.5, 0.6) is 0 Å². The van der Waals surface area contributed by atoms with Gasteiger partial charge in [0.15, 0.2) is 0 Å². The van der Waals surface area contributed by atoms with E-state index in [4.69, 9.17) is 23.2 Å². The summed E-state index contributed by atoms with van der Waals surface area (Å²) in [6.07, 6.45) is 3.55. The Morgan fingerprint density at radius 1 is 1.38 bits per heavy atom. The van der Waals surface area contributed by atoms with Gasteiger partial charge in [-0.1, -0.05) is 29.3 Å². The first-order chi connectivity index (χ1) is 11.5. The van der Waals surface area contributed by atoms with Crippen LogP contribution < -0.4 is 10.5 Å². The quantitative estimate of drug-likeness (QED) is 0.905. The molecule has 1 aromatic carbocycles. The van der Waals surface area contributed by atoms with Gasteiger partial charge in [0.1, 0.15) is 5.02 Å². The molecule has 1 atom stereocenters. The molecule has 1 aromatic heterocycles. The molecule has 7 heteroatoms. The summed E-state index contributed by atoms with van der Waals surface area (Å²) < 4.78 is 1.25. The third-order valence-corrected chi connectivity index (χ3v) is 5.18. The molecule has 0 bridgehead atoms. The number of benzene rings is 1. The molecular weight excluding hydrogens is 349 g/mol. The van der Waals surface area contributed by atoms with E-state index in [9.17, 15) is 9.90 Å². The van der Waals surface area contributed by atoms with Crippen molar-refractivity contribution in [1.29, 1.82) is 0 Å². The maximum atomic E-state index is 12.6. The molecule has 128 valence electrons. The van der Waals surface area contributed by atoms with Gasteiger partial charge in [-0.2, -0.15) is 9.78 Å². The molecule has 1 N–H and O–H groups in total. The Balaban J connectivity index is 1.97. The van der Waals surface area contributed by atoms with E-state index in [0.717, 1.165) is 24.9 Å². The zero-order valence-electron chi connectivity index (χ0n) is 13.4. The summed E-state index contributed by atoms with van der Waals surface area (Å²) in [6, 6.07) is 5.32. The van der Waals surface area contributed by atoms with Crippen LogP contribution in [0.2, 0.25) is 10.0 Å². The third kappa shape index (κ3) is 3.29. The largest absolute Gasteiger partial charge is 0.396 e. The summed E-state index contributed by atoms with van der Waals surface area (Å²) >= 11 is 12.5. The molecule has 3 rings (SSSR count). The first-order valence-corrected chi connectivity index (χ1v) is 8.67. The van der Waals surface area contributed by atoms with Crippen LogP contribution in [-0.2, 0) is 0 Å². The van der Waals surface area contributed by atoms with Gasteiger partial charge in [0.2, 0.25) is 0 Å². The van der Waals surface area contributed by atoms with Crippen molar-refractivity contribution in [2.75, 3.05) is 24.6 Å². The van der Waals surface area contributed by atoms with Crippen molar-refractivity contribution in [1.82, 2.24) is 9.78 Å². The summed E-state index contributed by atoms with van der Waals surface area (Å²) in [5, 5.41) is 14.3. The lowest BCUT2D eigenvalue weighted by molar-refractivity contribution is 0.208. The van der Waals surface area contributed by atoms with Gasteiger partial charge in [-0.15, -0.1) is 0 Å². The lowest BCUT2D eigenvalue weighted by Crippen LogP contribution is -2.38. The van der Waals surface area contributed by atoms with Crippen LogP contribution in [0.4, 0.5) is 5.69 Å². The van der Waals surface area contributed by atoms with Gasteiger partial charge < -0.3 is 10.0 Å². The van der Waals surface area contributed by atoms with Crippen LogP contribution in [0, 0.1) is 12.8 Å². The van der Waals surface area contributed by atoms with Crippen molar-refractivity contribution in [3.63, 3.8) is 0 Å². The second-order valence-corrected chi connectivity index (χ2v) is 6.92. The van der Waals surface area contributed by atoms with Crippen molar-refractivity contribution in [2.45, 2.75) is 19.8 Å². The molecule has 0 unspecified atom stereocenters. The smallest absolute Gasteiger partial charge is 0.292 e. The fourth-order valence-corrected chi connectivity index (χ4v) is 3.40. The van der Waals surface area contributed by atoms with Crippen molar-refractivity contribution in [2.24, 2.45) is 5.92 Å². The minimum absolute atomic E-state index is 0.139. The summed E-state index contributed by atoms with van der Waals surface area (Å²) in [5.74, 6) is 0.202. The normalized spacial score (nSPS) is 18.0. The SMILES string of the molecule is Cc1ccc(-n2ncc(N3CCC[C@H](CO)C3)c(Cl)c2=O)cc1Cl. The van der Waals surface area contributed by atoms with E-state index in [-0.39, 0.29) is 23.1 Å². The standard InChI is InChI=1S/C17H19Cl2N3O2/c1-11-4-5-13(7-14(11)18)22-17(24)16(19)15(8-20-22)21-6-2-3-12(9-21)10-23/h4-5,7-8,12,23H,2-3,6,9-10H2,1H3/t12-/m0/s1. The Morgan fingerprint density at radius 2 is 2.17 bits per heavy atom. The molecule has 1 aliphatic heterocycles. The Hall–Kier alpha value is -1.56. The van der Waals surface area contributed by atoms with E-state index < -0.39 is 0 Å². The Labute approximate surface area is 150 Å². The fraction of sp³-hybridized carbons (Fsp3) is 0.412. The van der Waals surface area contributed by atoms with Gasteiger partial charge in [-0.3, -0.25) is 4.79 Å². The first kappa shape index (κ1) is 17.3. The topological polar surface area (TPSA) is 58.4 Å². The first-order valence-electron chi connectivity index (χ1n) is 7.91. The molecule has 5 nitrogen and oxygen atoms in total. The highest BCUT2D eigenvalue weighted by molar-refractivity contribution is 6.33. The van der Waals surface area contributed by atoms with Gasteiger partial charge in [0.25, 0.3) is 5.56 Å². The van der Waals surface area contributed by atoms with Gasteiger partial charge in [0, 0.05) is 24.7 Å². The van der Waals surface area contributed by atoms with Crippen LogP contribution in [0.25, 0.3) is 5.69 Å². The Kier molecular flexibility index (Phi) is 5.13. The molecule has 1 aliphatic rings. The lowest BCUT2D eigenvalue weighted by Gasteiger charge is -2.33. The van der Waals surface area contributed by atoms with Crippen LogP contribution in [0.1, 0.15) is 18.4 Å². The number of aryl methyl sites for hydroxylation is 1. The van der Waals surface area contributed by atoms with Gasteiger partial charge in [0.05, 0.1) is 17.6 Å². The molecule has 0 saturated carbocycles. The molecule has 1 fully saturated rings. The van der Waals surface area contributed by atoms with Gasteiger partial charge in [-0.25, -0.2) is 0 Å². The number of piperidine rings is 1. The van der Waals surface area contributed by atoms with E-state index in [1.165, 1.54) is 4.68 Å². The highest BCUT2D eigenvalue weighted by Crippen LogP contribution is 2.27. The third-order valence-electron chi connectivity index (χ3n) is 4.42. The average Bonchev–Trinajstić information content (AvgIpc) is 2.60. The monoisotopic (exact) mass is 367 g/mol. The van der Waals surface area contributed by atoms with Crippen molar-refractivity contribution in [3.05, 3.63) is 50.4 Å². The number of rotatable bonds is 3. The minimum Gasteiger partial charge on any atom is -0.396 e. The molecule has 0 amide bonds. The summed E-state index contributed by atoms with van der Waals surface area (Å²) in [6.45, 7) is 3.52. The second kappa shape index (κ2) is 7.13. The molecule has 0 spiro atoms. The van der Waals surface area contributed by atoms with Crippen molar-refractivity contribution < 1.29 is 5.11 Å². The predicted molar refractivity (Wildman–Crippen MR) is 96.6 cm³/mol. The number of hydrogen-bond acceptors (Lipinski definition) is 4. The van der Waals surface area contributed by atoms with Crippen LogP contribution in [0.15, 0.2) is 29.2 Å². The van der Waals surface area contributed by atoms with E-state index in [2.05, 4.69) is 5.10 Å². The molecular formula is C17H19Cl2N3O2. The molecule has 24 heavy (non-hydrogen) atoms. The number of nitrogens with zero attached hydrogens (tertiary/aromatic N) is 3. The maximum Gasteiger partial charge on any atom is 0.292 e.